The zero-order chi connectivity index (χ0) is 13.9. The molecule has 0 aliphatic carbocycles. The molecule has 0 saturated carbocycles. The smallest absolute Gasteiger partial charge is 0.331 e. The van der Waals surface area contributed by atoms with Crippen LogP contribution in [0.2, 0.25) is 4.34 Å². The minimum atomic E-state index is -1.09. The summed E-state index contributed by atoms with van der Waals surface area (Å²) in [6.45, 7) is 4.72. The van der Waals surface area contributed by atoms with E-state index in [1.807, 2.05) is 13.0 Å². The number of hydrogen-bond donors (Lipinski definition) is 2. The third kappa shape index (κ3) is 3.58. The van der Waals surface area contributed by atoms with Gasteiger partial charge in [0.2, 0.25) is 5.91 Å². The molecule has 0 spiro atoms. The average molecular weight is 288 g/mol. The number of amides is 1. The first kappa shape index (κ1) is 14.7. The van der Waals surface area contributed by atoms with Crippen LogP contribution in [0.3, 0.4) is 0 Å². The Morgan fingerprint density at radius 2 is 1.94 bits per heavy atom. The normalized spacial score (nSPS) is 13.8. The van der Waals surface area contributed by atoms with Gasteiger partial charge in [0.15, 0.2) is 0 Å². The standard InChI is InChI=1S/C12H14ClNO3S/c1-6(7(2)12(16)17)11(15)14-8(3)9-4-5-10(13)18-9/h4-5,8H,1-3H3,(H,14,15)(H,16,17)/b7-6-. The highest BCUT2D eigenvalue weighted by Gasteiger charge is 2.16. The van der Waals surface area contributed by atoms with Crippen molar-refractivity contribution in [3.05, 3.63) is 32.5 Å². The van der Waals surface area contributed by atoms with E-state index in [-0.39, 0.29) is 23.1 Å². The fraction of sp³-hybridized carbons (Fsp3) is 0.333. The highest BCUT2D eigenvalue weighted by Crippen LogP contribution is 2.26. The summed E-state index contributed by atoms with van der Waals surface area (Å²) < 4.78 is 0.653. The van der Waals surface area contributed by atoms with Crippen molar-refractivity contribution in [2.75, 3.05) is 0 Å². The van der Waals surface area contributed by atoms with E-state index < -0.39 is 5.97 Å². The summed E-state index contributed by atoms with van der Waals surface area (Å²) >= 11 is 7.20. The van der Waals surface area contributed by atoms with Crippen LogP contribution in [0, 0.1) is 0 Å². The summed E-state index contributed by atoms with van der Waals surface area (Å²) in [6.07, 6.45) is 0. The summed E-state index contributed by atoms with van der Waals surface area (Å²) in [6, 6.07) is 3.39. The van der Waals surface area contributed by atoms with Gasteiger partial charge in [0, 0.05) is 16.0 Å². The Morgan fingerprint density at radius 1 is 1.33 bits per heavy atom. The predicted molar refractivity (Wildman–Crippen MR) is 71.9 cm³/mol. The van der Waals surface area contributed by atoms with Gasteiger partial charge < -0.3 is 10.4 Å². The molecule has 6 heteroatoms. The lowest BCUT2D eigenvalue weighted by Crippen LogP contribution is -2.28. The Kier molecular flexibility index (Phi) is 4.93. The molecular formula is C12H14ClNO3S. The van der Waals surface area contributed by atoms with Crippen LogP contribution in [-0.4, -0.2) is 17.0 Å². The number of aliphatic carboxylic acids is 1. The summed E-state index contributed by atoms with van der Waals surface area (Å²) in [5.74, 6) is -1.47. The van der Waals surface area contributed by atoms with Crippen LogP contribution >= 0.6 is 22.9 Å². The van der Waals surface area contributed by atoms with Crippen molar-refractivity contribution in [2.24, 2.45) is 0 Å². The Hall–Kier alpha value is -1.33. The largest absolute Gasteiger partial charge is 0.478 e. The van der Waals surface area contributed by atoms with Crippen LogP contribution in [0.5, 0.6) is 0 Å². The van der Waals surface area contributed by atoms with E-state index in [0.29, 0.717) is 4.34 Å². The molecule has 18 heavy (non-hydrogen) atoms. The molecule has 1 unspecified atom stereocenters. The van der Waals surface area contributed by atoms with Crippen LogP contribution in [0.15, 0.2) is 23.3 Å². The van der Waals surface area contributed by atoms with Gasteiger partial charge in [-0.05, 0) is 32.9 Å². The summed E-state index contributed by atoms with van der Waals surface area (Å²) in [7, 11) is 0. The van der Waals surface area contributed by atoms with Gasteiger partial charge >= 0.3 is 5.97 Å². The van der Waals surface area contributed by atoms with E-state index in [1.54, 1.807) is 6.07 Å². The Morgan fingerprint density at radius 3 is 2.39 bits per heavy atom. The van der Waals surface area contributed by atoms with Gasteiger partial charge in [0.25, 0.3) is 0 Å². The van der Waals surface area contributed by atoms with Crippen molar-refractivity contribution >= 4 is 34.8 Å². The molecule has 1 heterocycles. The van der Waals surface area contributed by atoms with Crippen LogP contribution < -0.4 is 5.32 Å². The number of carbonyl (C=O) groups excluding carboxylic acids is 1. The second-order valence-corrected chi connectivity index (χ2v) is 5.64. The van der Waals surface area contributed by atoms with Crippen molar-refractivity contribution in [2.45, 2.75) is 26.8 Å². The second kappa shape index (κ2) is 6.02. The van der Waals surface area contributed by atoms with Crippen molar-refractivity contribution in [3.8, 4) is 0 Å². The van der Waals surface area contributed by atoms with Crippen molar-refractivity contribution < 1.29 is 14.7 Å². The molecule has 0 aromatic carbocycles. The van der Waals surface area contributed by atoms with E-state index in [4.69, 9.17) is 16.7 Å². The molecule has 4 nitrogen and oxygen atoms in total. The third-order valence-electron chi connectivity index (χ3n) is 2.59. The Labute approximate surface area is 114 Å². The van der Waals surface area contributed by atoms with Gasteiger partial charge in [-0.3, -0.25) is 4.79 Å². The van der Waals surface area contributed by atoms with Crippen LogP contribution in [-0.2, 0) is 9.59 Å². The van der Waals surface area contributed by atoms with E-state index in [1.165, 1.54) is 25.2 Å². The molecule has 0 aliphatic rings. The van der Waals surface area contributed by atoms with Crippen LogP contribution in [0.4, 0.5) is 0 Å². The molecule has 0 radical (unpaired) electrons. The van der Waals surface area contributed by atoms with Gasteiger partial charge in [-0.25, -0.2) is 4.79 Å². The molecule has 0 bridgehead atoms. The molecule has 0 saturated heterocycles. The number of carboxylic acids is 1. The van der Waals surface area contributed by atoms with E-state index in [2.05, 4.69) is 5.32 Å². The summed E-state index contributed by atoms with van der Waals surface area (Å²) in [4.78, 5) is 23.5. The lowest BCUT2D eigenvalue weighted by Gasteiger charge is -2.13. The molecule has 0 fully saturated rings. The lowest BCUT2D eigenvalue weighted by atomic mass is 10.1. The number of thiophene rings is 1. The van der Waals surface area contributed by atoms with Crippen molar-refractivity contribution in [1.29, 1.82) is 0 Å². The number of rotatable bonds is 4. The second-order valence-electron chi connectivity index (χ2n) is 3.89. The van der Waals surface area contributed by atoms with Gasteiger partial charge in [-0.1, -0.05) is 11.6 Å². The first-order valence-electron chi connectivity index (χ1n) is 5.29. The molecular weight excluding hydrogens is 274 g/mol. The number of carbonyl (C=O) groups is 2. The molecule has 1 atom stereocenters. The van der Waals surface area contributed by atoms with E-state index in [9.17, 15) is 9.59 Å². The van der Waals surface area contributed by atoms with Gasteiger partial charge in [0.05, 0.1) is 10.4 Å². The Bertz CT molecular complexity index is 507. The number of hydrogen-bond acceptors (Lipinski definition) is 3. The maximum atomic E-state index is 11.8. The third-order valence-corrected chi connectivity index (χ3v) is 4.01. The zero-order valence-electron chi connectivity index (χ0n) is 10.3. The predicted octanol–water partition coefficient (Wildman–Crippen LogP) is 3.00. The highest BCUT2D eigenvalue weighted by molar-refractivity contribution is 7.16. The fourth-order valence-electron chi connectivity index (χ4n) is 1.27. The van der Waals surface area contributed by atoms with Crippen molar-refractivity contribution in [1.82, 2.24) is 5.32 Å². The molecule has 1 aromatic rings. The number of halogens is 1. The molecule has 1 amide bonds. The molecule has 2 N–H and O–H groups in total. The van der Waals surface area contributed by atoms with Gasteiger partial charge in [-0.2, -0.15) is 0 Å². The quantitative estimate of drug-likeness (QED) is 0.837. The Balaban J connectivity index is 2.77. The van der Waals surface area contributed by atoms with Gasteiger partial charge in [0.1, 0.15) is 0 Å². The van der Waals surface area contributed by atoms with Crippen LogP contribution in [0.25, 0.3) is 0 Å². The van der Waals surface area contributed by atoms with Crippen LogP contribution in [0.1, 0.15) is 31.7 Å². The summed E-state index contributed by atoms with van der Waals surface area (Å²) in [5.41, 5.74) is 0.251. The fourth-order valence-corrected chi connectivity index (χ4v) is 2.33. The van der Waals surface area contributed by atoms with Crippen molar-refractivity contribution in [3.63, 3.8) is 0 Å². The maximum Gasteiger partial charge on any atom is 0.331 e. The first-order valence-corrected chi connectivity index (χ1v) is 6.49. The maximum absolute atomic E-state index is 11.8. The minimum absolute atomic E-state index is 0.0453. The lowest BCUT2D eigenvalue weighted by molar-refractivity contribution is -0.133. The molecule has 0 aliphatic heterocycles. The molecule has 1 aromatic heterocycles. The summed E-state index contributed by atoms with van der Waals surface area (Å²) in [5, 5.41) is 11.5. The van der Waals surface area contributed by atoms with E-state index >= 15 is 0 Å². The minimum Gasteiger partial charge on any atom is -0.478 e. The highest BCUT2D eigenvalue weighted by atomic mass is 35.5. The first-order chi connectivity index (χ1) is 8.32. The SMILES string of the molecule is C/C(C(=O)O)=C(\C)C(=O)NC(C)c1ccc(Cl)s1. The number of carboxylic acid groups (broad SMARTS) is 1. The average Bonchev–Trinajstić information content (AvgIpc) is 2.73. The topological polar surface area (TPSA) is 66.4 Å². The number of nitrogens with one attached hydrogen (secondary N) is 1. The molecule has 98 valence electrons. The zero-order valence-corrected chi connectivity index (χ0v) is 11.9. The van der Waals surface area contributed by atoms with Gasteiger partial charge in [-0.15, -0.1) is 11.3 Å². The van der Waals surface area contributed by atoms with E-state index in [0.717, 1.165) is 4.88 Å². The molecule has 1 rings (SSSR count). The monoisotopic (exact) mass is 287 g/mol.